The number of hydrogen-bond acceptors (Lipinski definition) is 12. The number of amides is 1. The number of aryl methyl sites for hydroxylation is 2. The molecule has 0 aliphatic rings. The molecule has 0 heterocycles. The van der Waals surface area contributed by atoms with E-state index in [1.807, 2.05) is 68.4 Å². The average molecular weight is 968 g/mol. The molecule has 0 saturated heterocycles. The van der Waals surface area contributed by atoms with E-state index in [0.29, 0.717) is 22.7 Å². The monoisotopic (exact) mass is 967 g/mol. The number of ether oxygens (including phenoxy) is 2. The Morgan fingerprint density at radius 3 is 1.50 bits per heavy atom. The number of carbonyl (C=O) groups is 1. The third-order valence-electron chi connectivity index (χ3n) is 8.39. The summed E-state index contributed by atoms with van der Waals surface area (Å²) in [5, 5.41) is 62.3. The average Bonchev–Trinajstić information content (AvgIpc) is 3.41. The van der Waals surface area contributed by atoms with Gasteiger partial charge in [-0.15, -0.1) is 0 Å². The Labute approximate surface area is 431 Å². The quantitative estimate of drug-likeness (QED) is 0.0724. The summed E-state index contributed by atoms with van der Waals surface area (Å²) in [4.78, 5) is 20.7. The number of nitrogens with one attached hydrogen (secondary N) is 1. The molecule has 14 nitrogen and oxygen atoms in total. The van der Waals surface area contributed by atoms with Crippen molar-refractivity contribution in [3.8, 4) is 119 Å². The van der Waals surface area contributed by atoms with Gasteiger partial charge in [-0.05, 0) is 116 Å². The molecular weight excluding hydrogens is 927 g/mol. The normalized spacial score (nSPS) is 7.82. The van der Waals surface area contributed by atoms with Crippen LogP contribution in [0.1, 0.15) is 51.4 Å². The van der Waals surface area contributed by atoms with Gasteiger partial charge in [0.25, 0.3) is 5.69 Å². The fourth-order valence-corrected chi connectivity index (χ4v) is 5.25. The van der Waals surface area contributed by atoms with E-state index >= 15 is 0 Å². The molecule has 0 saturated carbocycles. The molecule has 0 aliphatic heterocycles. The first-order valence-electron chi connectivity index (χ1n) is 21.0. The number of nitrogens with two attached hydrogens (primary N) is 1. The van der Waals surface area contributed by atoms with Crippen LogP contribution in [0, 0.1) is 163 Å². The van der Waals surface area contributed by atoms with Crippen molar-refractivity contribution in [1.29, 1.82) is 31.6 Å². The summed E-state index contributed by atoms with van der Waals surface area (Å²) in [6, 6.07) is 51.1. The highest BCUT2D eigenvalue weighted by Crippen LogP contribution is 2.17. The summed E-state index contributed by atoms with van der Waals surface area (Å²) in [6.45, 7) is 5.43. The van der Waals surface area contributed by atoms with E-state index in [-0.39, 0.29) is 17.2 Å². The van der Waals surface area contributed by atoms with E-state index in [9.17, 15) is 14.9 Å². The zero-order valence-corrected chi connectivity index (χ0v) is 40.5. The maximum Gasteiger partial charge on any atom is 0.284 e. The number of rotatable bonds is 4. The summed E-state index contributed by atoms with van der Waals surface area (Å²) in [5.74, 6) is 30.9. The smallest absolute Gasteiger partial charge is 0.284 e. The summed E-state index contributed by atoms with van der Waals surface area (Å²) in [5.41, 5.74) is 13.3. The second-order valence-corrected chi connectivity index (χ2v) is 13.5. The van der Waals surface area contributed by atoms with Gasteiger partial charge in [-0.2, -0.15) is 31.6 Å². The molecule has 0 bridgehead atoms. The van der Waals surface area contributed by atoms with Gasteiger partial charge in [-0.1, -0.05) is 78.3 Å². The lowest BCUT2D eigenvalue weighted by Crippen LogP contribution is -2.05. The standard InChI is InChI=1S/C11H8N2O.C11H9N.2C10H7NO.C9H4N2O2.C9H6N2/c1-9(14)13-11-6-2-4-10(8-11)5-3-7-12;1-9-5-3-6-10(2)11(9)7-4-8-12;1-12-10-6-4-9(5-7-10)3-2-8-11;1-12-10-7-3-2-5-9(10)6-4-8-11;10-7-3-5-8-4-1-2-6-9(8)11(12)13;10-6-2-4-8-3-1-5-9(11)7-8/h2,4,6,8H,1H3,(H,13,14);3,5-6H,1-2H3;4-7H,1H3;2-3,5,7H,1H3;1-2,4,6H;1,3,5,7H,11H2. The predicted molar refractivity (Wildman–Crippen MR) is 282 cm³/mol. The van der Waals surface area contributed by atoms with Crippen molar-refractivity contribution in [3.05, 3.63) is 194 Å². The number of hydrogen-bond donors (Lipinski definition) is 2. The van der Waals surface area contributed by atoms with Gasteiger partial charge in [0.2, 0.25) is 5.91 Å². The van der Waals surface area contributed by atoms with Crippen molar-refractivity contribution in [2.75, 3.05) is 25.3 Å². The highest BCUT2D eigenvalue weighted by molar-refractivity contribution is 5.88. The summed E-state index contributed by atoms with van der Waals surface area (Å²) in [7, 11) is 3.18. The lowest BCUT2D eigenvalue weighted by Gasteiger charge is -2.00. The van der Waals surface area contributed by atoms with Crippen LogP contribution in [0.4, 0.5) is 17.1 Å². The molecule has 356 valence electrons. The van der Waals surface area contributed by atoms with Crippen molar-refractivity contribution in [2.45, 2.75) is 20.8 Å². The van der Waals surface area contributed by atoms with E-state index in [0.717, 1.165) is 39.1 Å². The molecule has 6 aromatic rings. The van der Waals surface area contributed by atoms with Crippen LogP contribution in [-0.4, -0.2) is 25.1 Å². The molecule has 74 heavy (non-hydrogen) atoms. The third-order valence-corrected chi connectivity index (χ3v) is 8.39. The van der Waals surface area contributed by atoms with E-state index in [1.165, 1.54) is 19.1 Å². The molecule has 14 heteroatoms. The Bertz CT molecular complexity index is 3550. The van der Waals surface area contributed by atoms with Gasteiger partial charge in [0.1, 0.15) is 17.1 Å². The molecule has 0 fully saturated rings. The summed E-state index contributed by atoms with van der Waals surface area (Å²) >= 11 is 0. The Morgan fingerprint density at radius 1 is 0.527 bits per heavy atom. The largest absolute Gasteiger partial charge is 0.497 e. The van der Waals surface area contributed by atoms with Crippen LogP contribution in [0.15, 0.2) is 140 Å². The van der Waals surface area contributed by atoms with Crippen LogP contribution in [0.3, 0.4) is 0 Å². The molecule has 0 unspecified atom stereocenters. The Hall–Kier alpha value is -12.1. The van der Waals surface area contributed by atoms with Crippen LogP contribution in [0.25, 0.3) is 0 Å². The SMILES string of the molecule is CC(=O)Nc1cccc(C#CC#N)c1.COc1ccc(C#CC#N)cc1.COc1ccccc1C#CC#N.Cc1cccc(C)c1C#CC#N.N#CC#Cc1cccc(N)c1.N#CC#Cc1ccccc1[N+](=O)[O-]. The van der Waals surface area contributed by atoms with Gasteiger partial charge < -0.3 is 20.5 Å². The predicted octanol–water partition coefficient (Wildman–Crippen LogP) is 9.45. The topological polar surface area (TPSA) is 259 Å². The fraction of sp³-hybridized carbons (Fsp3) is 0.0833. The second-order valence-electron chi connectivity index (χ2n) is 13.5. The van der Waals surface area contributed by atoms with Crippen molar-refractivity contribution in [1.82, 2.24) is 0 Å². The number of nitriles is 6. The number of nitro benzene ring substituents is 1. The number of anilines is 2. The molecule has 1 amide bonds. The van der Waals surface area contributed by atoms with Gasteiger partial charge in [0.15, 0.2) is 36.4 Å². The van der Waals surface area contributed by atoms with Crippen molar-refractivity contribution < 1.29 is 19.2 Å². The molecule has 0 spiro atoms. The minimum absolute atomic E-state index is 0.0785. The zero-order valence-electron chi connectivity index (χ0n) is 40.5. The maximum atomic E-state index is 10.7. The van der Waals surface area contributed by atoms with Crippen LogP contribution in [0.5, 0.6) is 11.5 Å². The molecule has 0 radical (unpaired) electrons. The van der Waals surface area contributed by atoms with Crippen molar-refractivity contribution >= 4 is 23.0 Å². The highest BCUT2D eigenvalue weighted by Gasteiger charge is 2.09. The number of nitrogens with zero attached hydrogens (tertiary/aromatic N) is 7. The number of carbonyl (C=O) groups excluding carboxylic acids is 1. The van der Waals surface area contributed by atoms with E-state index in [4.69, 9.17) is 46.8 Å². The summed E-state index contributed by atoms with van der Waals surface area (Å²) in [6.07, 6.45) is 0. The number of nitrogen functional groups attached to an aromatic ring is 1. The van der Waals surface area contributed by atoms with Crippen LogP contribution in [-0.2, 0) is 4.79 Å². The number of para-hydroxylation sites is 2. The first-order valence-corrected chi connectivity index (χ1v) is 21.0. The minimum Gasteiger partial charge on any atom is -0.497 e. The Kier molecular flexibility index (Phi) is 29.9. The van der Waals surface area contributed by atoms with Crippen LogP contribution < -0.4 is 20.5 Å². The lowest BCUT2D eigenvalue weighted by atomic mass is 10.0. The lowest BCUT2D eigenvalue weighted by molar-refractivity contribution is -0.385. The Balaban J connectivity index is 0.000000445. The molecule has 3 N–H and O–H groups in total. The molecule has 6 aromatic carbocycles. The molecule has 0 aliphatic carbocycles. The molecule has 0 atom stereocenters. The maximum absolute atomic E-state index is 10.7. The van der Waals surface area contributed by atoms with Gasteiger partial charge in [0.05, 0.1) is 24.7 Å². The fourth-order valence-electron chi connectivity index (χ4n) is 5.25. The van der Waals surface area contributed by atoms with Crippen molar-refractivity contribution in [2.24, 2.45) is 0 Å². The number of nitro groups is 1. The molecule has 0 aromatic heterocycles. The first kappa shape index (κ1) is 59.9. The summed E-state index contributed by atoms with van der Waals surface area (Å²) < 4.78 is 9.99. The molecule has 6 rings (SSSR count). The first-order chi connectivity index (χ1) is 35.8. The van der Waals surface area contributed by atoms with Gasteiger partial charge in [-0.25, -0.2) is 0 Å². The van der Waals surface area contributed by atoms with Crippen LogP contribution >= 0.6 is 0 Å². The van der Waals surface area contributed by atoms with Gasteiger partial charge in [0, 0.05) is 82.1 Å². The van der Waals surface area contributed by atoms with E-state index in [1.54, 1.807) is 123 Å². The van der Waals surface area contributed by atoms with E-state index < -0.39 is 4.92 Å². The third kappa shape index (κ3) is 25.7. The van der Waals surface area contributed by atoms with Gasteiger partial charge >= 0.3 is 0 Å². The van der Waals surface area contributed by atoms with Crippen LogP contribution in [0.2, 0.25) is 0 Å². The number of benzene rings is 6. The van der Waals surface area contributed by atoms with Crippen molar-refractivity contribution in [3.63, 3.8) is 0 Å². The van der Waals surface area contributed by atoms with Gasteiger partial charge in [-0.3, -0.25) is 14.9 Å². The Morgan fingerprint density at radius 2 is 0.986 bits per heavy atom. The second kappa shape index (κ2) is 36.9. The number of methoxy groups -OCH3 is 2. The highest BCUT2D eigenvalue weighted by atomic mass is 16.6. The van der Waals surface area contributed by atoms with E-state index in [2.05, 4.69) is 76.4 Å². The molecular formula is C60H41N9O5. The minimum atomic E-state index is -0.526. The zero-order chi connectivity index (χ0) is 54.8.